The highest BCUT2D eigenvalue weighted by Gasteiger charge is 2.44. The van der Waals surface area contributed by atoms with Gasteiger partial charge in [0.2, 0.25) is 0 Å². The molecule has 0 saturated carbocycles. The first-order valence-corrected chi connectivity index (χ1v) is 11.2. The summed E-state index contributed by atoms with van der Waals surface area (Å²) in [5.41, 5.74) is -0.864. The van der Waals surface area contributed by atoms with Crippen LogP contribution in [-0.4, -0.2) is 44.5 Å². The molecule has 8 nitrogen and oxygen atoms in total. The van der Waals surface area contributed by atoms with Crippen LogP contribution in [0.3, 0.4) is 0 Å². The Morgan fingerprint density at radius 3 is 1.66 bits per heavy atom. The van der Waals surface area contributed by atoms with Gasteiger partial charge in [-0.1, -0.05) is 35.3 Å². The summed E-state index contributed by atoms with van der Waals surface area (Å²) >= 11 is 11.9. The number of rotatable bonds is 11. The van der Waals surface area contributed by atoms with E-state index in [0.29, 0.717) is 21.4 Å². The van der Waals surface area contributed by atoms with Crippen molar-refractivity contribution >= 4 is 40.4 Å². The van der Waals surface area contributed by atoms with E-state index in [1.54, 1.807) is 48.5 Å². The predicted octanol–water partition coefficient (Wildman–Crippen LogP) is 3.55. The molecule has 0 saturated heterocycles. The number of ether oxygens (including phenoxy) is 1. The smallest absolute Gasteiger partial charge is 0.327 e. The molecule has 0 aliphatic heterocycles. The summed E-state index contributed by atoms with van der Waals surface area (Å²) in [6.45, 7) is -1.42. The Hall–Kier alpha value is -0.600. The van der Waals surface area contributed by atoms with E-state index in [-0.39, 0.29) is 0 Å². The molecular formula is C17H20Cl2O8P2. The van der Waals surface area contributed by atoms with Crippen LogP contribution in [0.5, 0.6) is 5.75 Å². The zero-order chi connectivity index (χ0) is 21.4. The Bertz CT molecular complexity index is 734. The zero-order valence-corrected chi connectivity index (χ0v) is 18.2. The van der Waals surface area contributed by atoms with Gasteiger partial charge < -0.3 is 38.5 Å². The van der Waals surface area contributed by atoms with Crippen LogP contribution in [0.25, 0.3) is 0 Å². The lowest BCUT2D eigenvalue weighted by molar-refractivity contribution is -0.0653. The van der Waals surface area contributed by atoms with Crippen LogP contribution in [0.2, 0.25) is 10.0 Å². The number of hydrogen-bond donors (Lipinski definition) is 5. The van der Waals surface area contributed by atoms with Crippen LogP contribution in [0.1, 0.15) is 11.7 Å². The minimum atomic E-state index is -2.74. The van der Waals surface area contributed by atoms with Gasteiger partial charge in [0, 0.05) is 10.0 Å². The maximum atomic E-state index is 10.2. The quantitative estimate of drug-likeness (QED) is 0.306. The molecule has 2 aromatic rings. The number of hydrogen-bond acceptors (Lipinski definition) is 8. The summed E-state index contributed by atoms with van der Waals surface area (Å²) in [5, 5.41) is 11.2. The van der Waals surface area contributed by atoms with Crippen LogP contribution >= 0.6 is 40.4 Å². The number of halogens is 2. The van der Waals surface area contributed by atoms with Gasteiger partial charge in [0.05, 0.1) is 25.2 Å². The number of aliphatic hydroxyl groups excluding tert-OH is 1. The Balaban J connectivity index is 2.47. The Labute approximate surface area is 180 Å². The first-order chi connectivity index (χ1) is 13.8. The zero-order valence-electron chi connectivity index (χ0n) is 14.9. The van der Waals surface area contributed by atoms with Crippen molar-refractivity contribution in [2.45, 2.75) is 6.10 Å². The van der Waals surface area contributed by atoms with E-state index < -0.39 is 48.5 Å². The minimum absolute atomic E-state index is 0.401. The first-order valence-electron chi connectivity index (χ1n) is 8.16. The molecule has 0 aliphatic rings. The maximum Gasteiger partial charge on any atom is 0.327 e. The van der Waals surface area contributed by atoms with Gasteiger partial charge in [-0.3, -0.25) is 0 Å². The molecule has 1 unspecified atom stereocenters. The third-order valence-corrected chi connectivity index (χ3v) is 5.27. The molecule has 0 heterocycles. The average Bonchev–Trinajstić information content (AvgIpc) is 2.69. The van der Waals surface area contributed by atoms with Crippen molar-refractivity contribution in [3.63, 3.8) is 0 Å². The number of aliphatic hydroxyl groups is 1. The van der Waals surface area contributed by atoms with Gasteiger partial charge in [-0.2, -0.15) is 0 Å². The average molecular weight is 485 g/mol. The second-order valence-electron chi connectivity index (χ2n) is 6.08. The summed E-state index contributed by atoms with van der Waals surface area (Å²) in [6.07, 6.45) is -0.948. The third kappa shape index (κ3) is 7.55. The normalized spacial score (nSPS) is 13.1. The maximum absolute atomic E-state index is 10.2. The van der Waals surface area contributed by atoms with Gasteiger partial charge in [-0.15, -0.1) is 0 Å². The molecule has 0 fully saturated rings. The van der Waals surface area contributed by atoms with Crippen LogP contribution < -0.4 is 4.74 Å². The number of benzene rings is 2. The molecule has 5 N–H and O–H groups in total. The Morgan fingerprint density at radius 2 is 1.24 bits per heavy atom. The highest BCUT2D eigenvalue weighted by Crippen LogP contribution is 2.43. The first kappa shape index (κ1) is 24.7. The summed E-state index contributed by atoms with van der Waals surface area (Å²) in [5.74, 6) is 0.401. The van der Waals surface area contributed by atoms with E-state index >= 15 is 0 Å². The Morgan fingerprint density at radius 1 is 0.793 bits per heavy atom. The molecule has 29 heavy (non-hydrogen) atoms. The highest BCUT2D eigenvalue weighted by molar-refractivity contribution is 7.39. The molecular weight excluding hydrogens is 465 g/mol. The van der Waals surface area contributed by atoms with Crippen LogP contribution in [-0.2, 0) is 9.05 Å². The Kier molecular flexibility index (Phi) is 9.95. The SMILES string of the molecule is OCC(COP(O)O)(COP(O)O)C(Oc1ccc(Cl)cc1)c1ccc(Cl)cc1. The van der Waals surface area contributed by atoms with E-state index in [1.165, 1.54) is 0 Å². The fourth-order valence-electron chi connectivity index (χ4n) is 2.57. The molecule has 0 spiro atoms. The standard InChI is InChI=1S/C17H20Cl2O8P2/c18-13-3-1-12(2-4-13)16(27-15-7-5-14(19)6-8-15)17(9-20,10-25-28(21)22)11-26-29(23)24/h1-8,16,20-24H,9-11H2. The van der Waals surface area contributed by atoms with Gasteiger partial charge in [-0.05, 0) is 42.0 Å². The van der Waals surface area contributed by atoms with Gasteiger partial charge >= 0.3 is 17.2 Å². The second kappa shape index (κ2) is 11.7. The molecule has 2 rings (SSSR count). The van der Waals surface area contributed by atoms with E-state index in [0.717, 1.165) is 0 Å². The lowest BCUT2D eigenvalue weighted by Gasteiger charge is -2.39. The van der Waals surface area contributed by atoms with Gasteiger partial charge in [0.25, 0.3) is 0 Å². The molecule has 1 atom stereocenters. The van der Waals surface area contributed by atoms with E-state index in [4.69, 9.17) is 37.0 Å². The molecule has 2 aromatic carbocycles. The molecule has 0 amide bonds. The summed E-state index contributed by atoms with van der Waals surface area (Å²) in [6, 6.07) is 13.0. The van der Waals surface area contributed by atoms with Crippen molar-refractivity contribution in [2.75, 3.05) is 19.8 Å². The van der Waals surface area contributed by atoms with E-state index in [9.17, 15) is 24.7 Å². The van der Waals surface area contributed by atoms with Crippen molar-refractivity contribution in [1.82, 2.24) is 0 Å². The van der Waals surface area contributed by atoms with Crippen molar-refractivity contribution in [1.29, 1.82) is 0 Å². The van der Waals surface area contributed by atoms with Crippen molar-refractivity contribution in [2.24, 2.45) is 5.41 Å². The fourth-order valence-corrected chi connectivity index (χ4v) is 3.57. The molecule has 160 valence electrons. The lowest BCUT2D eigenvalue weighted by atomic mass is 9.80. The predicted molar refractivity (Wildman–Crippen MR) is 110 cm³/mol. The van der Waals surface area contributed by atoms with Crippen LogP contribution in [0, 0.1) is 5.41 Å². The third-order valence-electron chi connectivity index (χ3n) is 4.05. The molecule has 0 aliphatic carbocycles. The fraction of sp³-hybridized carbons (Fsp3) is 0.294. The van der Waals surface area contributed by atoms with Gasteiger partial charge in [-0.25, -0.2) is 0 Å². The summed E-state index contributed by atoms with van der Waals surface area (Å²) < 4.78 is 16.0. The molecule has 12 heteroatoms. The minimum Gasteiger partial charge on any atom is -0.485 e. The molecule has 0 aromatic heterocycles. The highest BCUT2D eigenvalue weighted by atomic mass is 35.5. The van der Waals surface area contributed by atoms with Crippen molar-refractivity contribution in [3.05, 3.63) is 64.1 Å². The van der Waals surface area contributed by atoms with Crippen LogP contribution in [0.15, 0.2) is 48.5 Å². The monoisotopic (exact) mass is 484 g/mol. The van der Waals surface area contributed by atoms with Gasteiger partial charge in [0.15, 0.2) is 0 Å². The molecule has 0 radical (unpaired) electrons. The lowest BCUT2D eigenvalue weighted by Crippen LogP contribution is -2.43. The summed E-state index contributed by atoms with van der Waals surface area (Å²) in [4.78, 5) is 36.8. The summed E-state index contributed by atoms with van der Waals surface area (Å²) in [7, 11) is -5.48. The molecule has 0 bridgehead atoms. The van der Waals surface area contributed by atoms with Crippen molar-refractivity contribution < 1.29 is 38.5 Å². The topological polar surface area (TPSA) is 129 Å². The van der Waals surface area contributed by atoms with E-state index in [2.05, 4.69) is 0 Å². The van der Waals surface area contributed by atoms with Gasteiger partial charge in [0.1, 0.15) is 11.9 Å². The second-order valence-corrected chi connectivity index (χ2v) is 8.48. The van der Waals surface area contributed by atoms with Crippen molar-refractivity contribution in [3.8, 4) is 5.75 Å². The largest absolute Gasteiger partial charge is 0.485 e. The van der Waals surface area contributed by atoms with Crippen LogP contribution in [0.4, 0.5) is 0 Å². The van der Waals surface area contributed by atoms with E-state index in [1.807, 2.05) is 0 Å².